The molecule has 1 spiro atoms. The van der Waals surface area contributed by atoms with Gasteiger partial charge < -0.3 is 15.2 Å². The first kappa shape index (κ1) is 17.7. The van der Waals surface area contributed by atoms with Crippen LogP contribution in [0.2, 0.25) is 0 Å². The summed E-state index contributed by atoms with van der Waals surface area (Å²) in [4.78, 5) is 30.0. The zero-order valence-electron chi connectivity index (χ0n) is 16.4. The summed E-state index contributed by atoms with van der Waals surface area (Å²) < 4.78 is 0. The summed E-state index contributed by atoms with van der Waals surface area (Å²) in [6.45, 7) is 3.06. The monoisotopic (exact) mass is 385 g/mol. The number of hydrogen-bond donors (Lipinski definition) is 2. The number of nitrogens with one attached hydrogen (secondary N) is 2. The van der Waals surface area contributed by atoms with E-state index in [0.29, 0.717) is 0 Å². The Balaban J connectivity index is 1.45. The maximum Gasteiger partial charge on any atom is 0.255 e. The standard InChI is InChI=1S/C24H23N3O2/c1-16(28)27-12-9-24(10-13-27)15-20(19-4-2-3-5-21(19)24)23(29)26-18-6-7-22-17(14-18)8-11-25-22/h2-8,11,14-15,25H,9-10,12-13H2,1H3,(H,26,29). The van der Waals surface area contributed by atoms with Gasteiger partial charge in [-0.3, -0.25) is 9.59 Å². The minimum absolute atomic E-state index is 0.0850. The van der Waals surface area contributed by atoms with Crippen LogP contribution >= 0.6 is 0 Å². The quantitative estimate of drug-likeness (QED) is 0.698. The molecular weight excluding hydrogens is 362 g/mol. The van der Waals surface area contributed by atoms with E-state index < -0.39 is 0 Å². The number of nitrogens with zero attached hydrogens (tertiary/aromatic N) is 1. The van der Waals surface area contributed by atoms with Crippen LogP contribution in [0, 0.1) is 0 Å². The lowest BCUT2D eigenvalue weighted by Gasteiger charge is -2.38. The van der Waals surface area contributed by atoms with E-state index in [1.807, 2.05) is 53.6 Å². The summed E-state index contributed by atoms with van der Waals surface area (Å²) in [5.74, 6) is 0.0337. The number of carbonyl (C=O) groups is 2. The van der Waals surface area contributed by atoms with Gasteiger partial charge in [0.25, 0.3) is 5.91 Å². The van der Waals surface area contributed by atoms with Gasteiger partial charge in [-0.15, -0.1) is 0 Å². The van der Waals surface area contributed by atoms with Gasteiger partial charge >= 0.3 is 0 Å². The van der Waals surface area contributed by atoms with Gasteiger partial charge in [0.1, 0.15) is 0 Å². The number of benzene rings is 2. The molecule has 0 unspecified atom stereocenters. The predicted molar refractivity (Wildman–Crippen MR) is 115 cm³/mol. The Morgan fingerprint density at radius 1 is 1.07 bits per heavy atom. The smallest absolute Gasteiger partial charge is 0.255 e. The van der Waals surface area contributed by atoms with Crippen molar-refractivity contribution in [1.82, 2.24) is 9.88 Å². The molecule has 2 N–H and O–H groups in total. The molecule has 1 aliphatic heterocycles. The lowest BCUT2D eigenvalue weighted by molar-refractivity contribution is -0.130. The van der Waals surface area contributed by atoms with E-state index in [-0.39, 0.29) is 17.2 Å². The number of amides is 2. The molecule has 29 heavy (non-hydrogen) atoms. The number of rotatable bonds is 2. The van der Waals surface area contributed by atoms with Crippen molar-refractivity contribution in [1.29, 1.82) is 0 Å². The van der Waals surface area contributed by atoms with Gasteiger partial charge in [0.05, 0.1) is 0 Å². The van der Waals surface area contributed by atoms with E-state index in [1.54, 1.807) is 6.92 Å². The maximum absolute atomic E-state index is 13.2. The molecule has 1 fully saturated rings. The van der Waals surface area contributed by atoms with E-state index in [4.69, 9.17) is 0 Å². The molecule has 2 amide bonds. The number of piperidine rings is 1. The number of aromatic nitrogens is 1. The number of anilines is 1. The summed E-state index contributed by atoms with van der Waals surface area (Å²) in [5.41, 5.74) is 4.60. The third kappa shape index (κ3) is 2.94. The van der Waals surface area contributed by atoms with Gasteiger partial charge in [-0.05, 0) is 48.2 Å². The molecule has 1 aliphatic carbocycles. The Morgan fingerprint density at radius 2 is 1.86 bits per heavy atom. The van der Waals surface area contributed by atoms with E-state index >= 15 is 0 Å². The van der Waals surface area contributed by atoms with Gasteiger partial charge in [-0.2, -0.15) is 0 Å². The predicted octanol–water partition coefficient (Wildman–Crippen LogP) is 4.08. The molecule has 1 saturated heterocycles. The molecule has 146 valence electrons. The Kier molecular flexibility index (Phi) is 4.05. The zero-order chi connectivity index (χ0) is 20.0. The molecular formula is C24H23N3O2. The largest absolute Gasteiger partial charge is 0.361 e. The lowest BCUT2D eigenvalue weighted by Crippen LogP contribution is -2.43. The van der Waals surface area contributed by atoms with Crippen molar-refractivity contribution in [3.63, 3.8) is 0 Å². The second-order valence-corrected chi connectivity index (χ2v) is 8.00. The number of likely N-dealkylation sites (tertiary alicyclic amines) is 1. The molecule has 2 aliphatic rings. The van der Waals surface area contributed by atoms with Gasteiger partial charge in [0, 0.05) is 53.8 Å². The van der Waals surface area contributed by atoms with Crippen LogP contribution in [0.25, 0.3) is 16.5 Å². The van der Waals surface area contributed by atoms with Crippen LogP contribution in [0.5, 0.6) is 0 Å². The molecule has 0 saturated carbocycles. The van der Waals surface area contributed by atoms with Crippen molar-refractivity contribution < 1.29 is 9.59 Å². The van der Waals surface area contributed by atoms with E-state index in [1.165, 1.54) is 5.56 Å². The molecule has 5 heteroatoms. The number of allylic oxidation sites excluding steroid dienone is 1. The highest BCUT2D eigenvalue weighted by atomic mass is 16.2. The average molecular weight is 385 g/mol. The molecule has 5 rings (SSSR count). The first-order valence-electron chi connectivity index (χ1n) is 10.0. The van der Waals surface area contributed by atoms with Crippen LogP contribution in [-0.2, 0) is 15.0 Å². The van der Waals surface area contributed by atoms with Gasteiger partial charge in [-0.1, -0.05) is 30.3 Å². The van der Waals surface area contributed by atoms with Gasteiger partial charge in [0.15, 0.2) is 0 Å². The van der Waals surface area contributed by atoms with Crippen LogP contribution in [0.1, 0.15) is 30.9 Å². The third-order valence-corrected chi connectivity index (χ3v) is 6.33. The second kappa shape index (κ2) is 6.62. The van der Waals surface area contributed by atoms with Crippen LogP contribution in [-0.4, -0.2) is 34.8 Å². The molecule has 3 aromatic rings. The number of fused-ring (bicyclic) bond motifs is 3. The first-order chi connectivity index (χ1) is 14.1. The van der Waals surface area contributed by atoms with Crippen LogP contribution in [0.4, 0.5) is 5.69 Å². The highest BCUT2D eigenvalue weighted by molar-refractivity contribution is 6.27. The number of H-pyrrole nitrogens is 1. The molecule has 0 atom stereocenters. The molecule has 2 aromatic carbocycles. The molecule has 1 aromatic heterocycles. The fourth-order valence-electron chi connectivity index (χ4n) is 4.74. The summed E-state index contributed by atoms with van der Waals surface area (Å²) in [6, 6.07) is 16.0. The van der Waals surface area contributed by atoms with Crippen LogP contribution < -0.4 is 5.32 Å². The van der Waals surface area contributed by atoms with Crippen molar-refractivity contribution in [2.45, 2.75) is 25.2 Å². The number of aromatic amines is 1. The van der Waals surface area contributed by atoms with E-state index in [0.717, 1.165) is 53.7 Å². The Morgan fingerprint density at radius 3 is 2.66 bits per heavy atom. The maximum atomic E-state index is 13.2. The van der Waals surface area contributed by atoms with Gasteiger partial charge in [-0.25, -0.2) is 0 Å². The number of hydrogen-bond acceptors (Lipinski definition) is 2. The van der Waals surface area contributed by atoms with Crippen LogP contribution in [0.3, 0.4) is 0 Å². The Hall–Kier alpha value is -3.34. The Labute approximate surface area is 169 Å². The highest BCUT2D eigenvalue weighted by Gasteiger charge is 2.42. The molecule has 2 heterocycles. The first-order valence-corrected chi connectivity index (χ1v) is 10.0. The van der Waals surface area contributed by atoms with E-state index in [9.17, 15) is 9.59 Å². The van der Waals surface area contributed by atoms with E-state index in [2.05, 4.69) is 22.4 Å². The molecule has 0 bridgehead atoms. The van der Waals surface area contributed by atoms with Crippen molar-refractivity contribution >= 4 is 34.0 Å². The average Bonchev–Trinajstić information content (AvgIpc) is 3.32. The summed E-state index contributed by atoms with van der Waals surface area (Å²) in [7, 11) is 0. The fraction of sp³-hybridized carbons (Fsp3) is 0.250. The fourth-order valence-corrected chi connectivity index (χ4v) is 4.74. The minimum atomic E-state index is -0.167. The van der Waals surface area contributed by atoms with Crippen molar-refractivity contribution in [2.75, 3.05) is 18.4 Å². The number of carbonyl (C=O) groups excluding carboxylic acids is 2. The van der Waals surface area contributed by atoms with Gasteiger partial charge in [0.2, 0.25) is 5.91 Å². The van der Waals surface area contributed by atoms with Crippen molar-refractivity contribution in [3.05, 3.63) is 71.9 Å². The zero-order valence-corrected chi connectivity index (χ0v) is 16.4. The second-order valence-electron chi connectivity index (χ2n) is 8.00. The summed E-state index contributed by atoms with van der Waals surface area (Å²) in [5, 5.41) is 4.14. The third-order valence-electron chi connectivity index (χ3n) is 6.33. The lowest BCUT2D eigenvalue weighted by atomic mass is 9.74. The topological polar surface area (TPSA) is 65.2 Å². The van der Waals surface area contributed by atoms with Crippen molar-refractivity contribution in [2.24, 2.45) is 0 Å². The summed E-state index contributed by atoms with van der Waals surface area (Å²) in [6.07, 6.45) is 5.72. The normalized spacial score (nSPS) is 17.3. The SMILES string of the molecule is CC(=O)N1CCC2(C=C(C(=O)Nc3ccc4[nH]ccc4c3)c3ccccc32)CC1. The minimum Gasteiger partial charge on any atom is -0.361 e. The van der Waals surface area contributed by atoms with Crippen molar-refractivity contribution in [3.8, 4) is 0 Å². The summed E-state index contributed by atoms with van der Waals surface area (Å²) >= 11 is 0. The molecule has 5 nitrogen and oxygen atoms in total. The van der Waals surface area contributed by atoms with Crippen LogP contribution in [0.15, 0.2) is 60.8 Å². The molecule has 0 radical (unpaired) electrons. The Bertz CT molecular complexity index is 1150. The highest BCUT2D eigenvalue weighted by Crippen LogP contribution is 2.47.